The number of likely N-dealkylation sites (tertiary alicyclic amines) is 1. The standard InChI is InChI=1S/C16H15BrClNO4S/c17-11-3-4-15(18)14(8-11)16(20)19-6-5-13(9-19)24(21,22)10-12-2-1-7-23-12/h1-4,7-8,13H,5-6,9-10H2. The Labute approximate surface area is 153 Å². The molecule has 0 spiro atoms. The van der Waals surface area contributed by atoms with Crippen molar-refractivity contribution in [2.45, 2.75) is 17.4 Å². The van der Waals surface area contributed by atoms with E-state index in [4.69, 9.17) is 16.0 Å². The average Bonchev–Trinajstić information content (AvgIpc) is 3.20. The van der Waals surface area contributed by atoms with Crippen molar-refractivity contribution in [1.82, 2.24) is 4.90 Å². The molecule has 1 amide bonds. The molecule has 0 aliphatic carbocycles. The normalized spacial score (nSPS) is 18.1. The zero-order chi connectivity index (χ0) is 17.3. The second-order valence-corrected chi connectivity index (χ2v) is 9.28. The minimum absolute atomic E-state index is 0.148. The molecule has 2 aromatic rings. The Kier molecular flexibility index (Phi) is 5.03. The summed E-state index contributed by atoms with van der Waals surface area (Å²) in [5.74, 6) is 0.0106. The molecule has 1 aliphatic heterocycles. The predicted octanol–water partition coefficient (Wildman–Crippen LogP) is 3.53. The van der Waals surface area contributed by atoms with E-state index in [1.807, 2.05) is 0 Å². The number of halogens is 2. The number of carbonyl (C=O) groups excluding carboxylic acids is 1. The summed E-state index contributed by atoms with van der Waals surface area (Å²) in [6.45, 7) is 0.564. The molecule has 0 radical (unpaired) electrons. The fourth-order valence-electron chi connectivity index (χ4n) is 2.75. The summed E-state index contributed by atoms with van der Waals surface area (Å²) in [6.07, 6.45) is 1.87. The van der Waals surface area contributed by atoms with Crippen molar-refractivity contribution in [3.05, 3.63) is 57.4 Å². The Morgan fingerprint density at radius 3 is 2.88 bits per heavy atom. The molecule has 128 valence electrons. The van der Waals surface area contributed by atoms with Gasteiger partial charge >= 0.3 is 0 Å². The van der Waals surface area contributed by atoms with Crippen LogP contribution in [0.3, 0.4) is 0 Å². The Bertz CT molecular complexity index is 851. The van der Waals surface area contributed by atoms with Gasteiger partial charge in [-0.05, 0) is 36.8 Å². The molecule has 2 heterocycles. The Morgan fingerprint density at radius 2 is 2.17 bits per heavy atom. The number of sulfone groups is 1. The SMILES string of the molecule is O=C(c1cc(Br)ccc1Cl)N1CCC(S(=O)(=O)Cc2ccco2)C1. The topological polar surface area (TPSA) is 67.6 Å². The van der Waals surface area contributed by atoms with Crippen LogP contribution in [0.5, 0.6) is 0 Å². The van der Waals surface area contributed by atoms with E-state index in [0.717, 1.165) is 4.47 Å². The van der Waals surface area contributed by atoms with Crippen LogP contribution in [0.2, 0.25) is 5.02 Å². The first-order valence-electron chi connectivity index (χ1n) is 7.35. The van der Waals surface area contributed by atoms with Gasteiger partial charge in [-0.15, -0.1) is 0 Å². The van der Waals surface area contributed by atoms with Gasteiger partial charge in [-0.25, -0.2) is 8.42 Å². The molecule has 0 bridgehead atoms. The molecule has 0 N–H and O–H groups in total. The summed E-state index contributed by atoms with van der Waals surface area (Å²) in [4.78, 5) is 14.2. The van der Waals surface area contributed by atoms with Crippen LogP contribution in [0.15, 0.2) is 45.5 Å². The molecule has 3 rings (SSSR count). The van der Waals surface area contributed by atoms with Crippen LogP contribution in [0.1, 0.15) is 22.5 Å². The van der Waals surface area contributed by atoms with E-state index in [2.05, 4.69) is 15.9 Å². The quantitative estimate of drug-likeness (QED) is 0.741. The van der Waals surface area contributed by atoms with E-state index in [1.165, 1.54) is 11.2 Å². The van der Waals surface area contributed by atoms with E-state index >= 15 is 0 Å². The first kappa shape index (κ1) is 17.5. The fourth-order valence-corrected chi connectivity index (χ4v) is 4.98. The van der Waals surface area contributed by atoms with Gasteiger partial charge in [-0.1, -0.05) is 27.5 Å². The van der Waals surface area contributed by atoms with Gasteiger partial charge < -0.3 is 9.32 Å². The van der Waals surface area contributed by atoms with Gasteiger partial charge in [-0.3, -0.25) is 4.79 Å². The first-order chi connectivity index (χ1) is 11.4. The van der Waals surface area contributed by atoms with E-state index in [0.29, 0.717) is 29.3 Å². The Balaban J connectivity index is 1.73. The lowest BCUT2D eigenvalue weighted by Crippen LogP contribution is -2.32. The Hall–Kier alpha value is -1.31. The molecule has 1 fully saturated rings. The van der Waals surface area contributed by atoms with Gasteiger partial charge in [0.2, 0.25) is 0 Å². The predicted molar refractivity (Wildman–Crippen MR) is 94.8 cm³/mol. The van der Waals surface area contributed by atoms with E-state index in [9.17, 15) is 13.2 Å². The lowest BCUT2D eigenvalue weighted by molar-refractivity contribution is 0.0793. The number of amides is 1. The summed E-state index contributed by atoms with van der Waals surface area (Å²) in [7, 11) is -3.38. The van der Waals surface area contributed by atoms with Gasteiger partial charge in [0.1, 0.15) is 11.5 Å². The van der Waals surface area contributed by atoms with Crippen molar-refractivity contribution in [1.29, 1.82) is 0 Å². The third kappa shape index (κ3) is 3.68. The summed E-state index contributed by atoms with van der Waals surface area (Å²) < 4.78 is 30.9. The largest absolute Gasteiger partial charge is 0.468 e. The second kappa shape index (κ2) is 6.90. The molecule has 0 saturated carbocycles. The monoisotopic (exact) mass is 431 g/mol. The number of benzene rings is 1. The van der Waals surface area contributed by atoms with E-state index in [1.54, 1.807) is 30.3 Å². The van der Waals surface area contributed by atoms with Crippen LogP contribution in [-0.2, 0) is 15.6 Å². The number of rotatable bonds is 4. The maximum Gasteiger partial charge on any atom is 0.255 e. The summed E-state index contributed by atoms with van der Waals surface area (Å²) >= 11 is 9.41. The minimum atomic E-state index is -3.38. The zero-order valence-corrected chi connectivity index (χ0v) is 15.8. The first-order valence-corrected chi connectivity index (χ1v) is 10.2. The Morgan fingerprint density at radius 1 is 1.38 bits per heavy atom. The molecule has 1 aromatic carbocycles. The van der Waals surface area contributed by atoms with Crippen molar-refractivity contribution in [2.75, 3.05) is 13.1 Å². The van der Waals surface area contributed by atoms with Gasteiger partial charge in [0, 0.05) is 17.6 Å². The number of nitrogens with zero attached hydrogens (tertiary/aromatic N) is 1. The average molecular weight is 433 g/mol. The highest BCUT2D eigenvalue weighted by molar-refractivity contribution is 9.10. The fraction of sp³-hybridized carbons (Fsp3) is 0.312. The number of carbonyl (C=O) groups is 1. The van der Waals surface area contributed by atoms with E-state index in [-0.39, 0.29) is 18.2 Å². The smallest absolute Gasteiger partial charge is 0.255 e. The third-order valence-electron chi connectivity index (χ3n) is 4.02. The molecule has 5 nitrogen and oxygen atoms in total. The molecule has 8 heteroatoms. The third-order valence-corrected chi connectivity index (χ3v) is 6.93. The molecule has 1 aliphatic rings. The molecular weight excluding hydrogens is 418 g/mol. The van der Waals surface area contributed by atoms with Crippen LogP contribution in [0, 0.1) is 0 Å². The van der Waals surface area contributed by atoms with Gasteiger partial charge in [0.15, 0.2) is 9.84 Å². The molecular formula is C16H15BrClNO4S. The number of hydrogen-bond donors (Lipinski definition) is 0. The minimum Gasteiger partial charge on any atom is -0.468 e. The molecule has 1 aromatic heterocycles. The van der Waals surface area contributed by atoms with Crippen LogP contribution in [-0.4, -0.2) is 37.6 Å². The lowest BCUT2D eigenvalue weighted by Gasteiger charge is -2.17. The van der Waals surface area contributed by atoms with Crippen LogP contribution in [0.25, 0.3) is 0 Å². The molecule has 1 unspecified atom stereocenters. The van der Waals surface area contributed by atoms with Crippen LogP contribution >= 0.6 is 27.5 Å². The number of furan rings is 1. The lowest BCUT2D eigenvalue weighted by atomic mass is 10.2. The summed E-state index contributed by atoms with van der Waals surface area (Å²) in [5.41, 5.74) is 0.370. The molecule has 1 saturated heterocycles. The summed E-state index contributed by atoms with van der Waals surface area (Å²) in [6, 6.07) is 8.33. The van der Waals surface area contributed by atoms with Crippen molar-refractivity contribution in [3.8, 4) is 0 Å². The molecule has 1 atom stereocenters. The zero-order valence-electron chi connectivity index (χ0n) is 12.6. The van der Waals surface area contributed by atoms with Crippen LogP contribution in [0.4, 0.5) is 0 Å². The maximum absolute atomic E-state index is 12.6. The van der Waals surface area contributed by atoms with E-state index < -0.39 is 15.1 Å². The maximum atomic E-state index is 12.6. The van der Waals surface area contributed by atoms with Crippen molar-refractivity contribution in [3.63, 3.8) is 0 Å². The van der Waals surface area contributed by atoms with Gasteiger partial charge in [0.25, 0.3) is 5.91 Å². The summed E-state index contributed by atoms with van der Waals surface area (Å²) in [5, 5.41) is -0.234. The molecule has 24 heavy (non-hydrogen) atoms. The highest BCUT2D eigenvalue weighted by Gasteiger charge is 2.36. The number of hydrogen-bond acceptors (Lipinski definition) is 4. The van der Waals surface area contributed by atoms with Crippen molar-refractivity contribution >= 4 is 43.3 Å². The highest BCUT2D eigenvalue weighted by Crippen LogP contribution is 2.26. The van der Waals surface area contributed by atoms with Crippen molar-refractivity contribution < 1.29 is 17.6 Å². The van der Waals surface area contributed by atoms with Gasteiger partial charge in [-0.2, -0.15) is 0 Å². The van der Waals surface area contributed by atoms with Crippen molar-refractivity contribution in [2.24, 2.45) is 0 Å². The highest BCUT2D eigenvalue weighted by atomic mass is 79.9. The van der Waals surface area contributed by atoms with Crippen LogP contribution < -0.4 is 0 Å². The second-order valence-electron chi connectivity index (χ2n) is 5.67. The van der Waals surface area contributed by atoms with Gasteiger partial charge in [0.05, 0.1) is 22.1 Å².